The molecule has 3 rings (SSSR count). The molecule has 2 aromatic rings. The molecular formula is C15H23N5. The Morgan fingerprint density at radius 2 is 2.10 bits per heavy atom. The molecule has 108 valence electrons. The van der Waals surface area contributed by atoms with E-state index < -0.39 is 0 Å². The number of imidazole rings is 1. The van der Waals surface area contributed by atoms with Gasteiger partial charge in [-0.05, 0) is 31.9 Å². The Balaban J connectivity index is 1.47. The molecule has 0 amide bonds. The van der Waals surface area contributed by atoms with Crippen molar-refractivity contribution in [3.05, 3.63) is 37.2 Å². The summed E-state index contributed by atoms with van der Waals surface area (Å²) in [6.45, 7) is 2.09. The van der Waals surface area contributed by atoms with Crippen molar-refractivity contribution in [2.75, 3.05) is 6.54 Å². The minimum atomic E-state index is 0.520. The number of rotatable bonds is 6. The number of aryl methyl sites for hydroxylation is 1. The highest BCUT2D eigenvalue weighted by atomic mass is 15.3. The summed E-state index contributed by atoms with van der Waals surface area (Å²) in [5, 5.41) is 8.15. The van der Waals surface area contributed by atoms with Gasteiger partial charge in [0.15, 0.2) is 0 Å². The molecule has 5 heteroatoms. The van der Waals surface area contributed by atoms with Crippen LogP contribution in [0.1, 0.15) is 38.1 Å². The van der Waals surface area contributed by atoms with E-state index in [1.165, 1.54) is 25.7 Å². The summed E-state index contributed by atoms with van der Waals surface area (Å²) in [5.74, 6) is 0. The average Bonchev–Trinajstić information content (AvgIpc) is 3.17. The van der Waals surface area contributed by atoms with Gasteiger partial charge < -0.3 is 9.88 Å². The maximum Gasteiger partial charge on any atom is 0.0945 e. The third-order valence-electron chi connectivity index (χ3n) is 4.15. The molecule has 1 aliphatic rings. The van der Waals surface area contributed by atoms with Crippen molar-refractivity contribution in [2.45, 2.75) is 50.7 Å². The van der Waals surface area contributed by atoms with Crippen molar-refractivity contribution < 1.29 is 0 Å². The topological polar surface area (TPSA) is 47.7 Å². The summed E-state index contributed by atoms with van der Waals surface area (Å²) in [4.78, 5) is 4.07. The molecule has 1 fully saturated rings. The fourth-order valence-electron chi connectivity index (χ4n) is 3.11. The molecule has 2 atom stereocenters. The highest BCUT2D eigenvalue weighted by molar-refractivity contribution is 4.89. The van der Waals surface area contributed by atoms with Crippen LogP contribution in [0.4, 0.5) is 0 Å². The van der Waals surface area contributed by atoms with Crippen LogP contribution in [-0.2, 0) is 6.54 Å². The van der Waals surface area contributed by atoms with Crippen molar-refractivity contribution in [2.24, 2.45) is 0 Å². The Labute approximate surface area is 120 Å². The van der Waals surface area contributed by atoms with Crippen LogP contribution in [0, 0.1) is 0 Å². The van der Waals surface area contributed by atoms with Gasteiger partial charge in [-0.3, -0.25) is 4.68 Å². The zero-order valence-corrected chi connectivity index (χ0v) is 11.9. The van der Waals surface area contributed by atoms with Gasteiger partial charge in [-0.25, -0.2) is 4.98 Å². The van der Waals surface area contributed by atoms with Crippen molar-refractivity contribution >= 4 is 0 Å². The summed E-state index contributed by atoms with van der Waals surface area (Å²) in [7, 11) is 0. The van der Waals surface area contributed by atoms with Crippen molar-refractivity contribution in [3.8, 4) is 0 Å². The highest BCUT2D eigenvalue weighted by Crippen LogP contribution is 2.27. The zero-order valence-electron chi connectivity index (χ0n) is 11.9. The SMILES string of the molecule is c1cnn([C@H]2CCCC[C@@H]2NCCCn2ccnc2)c1. The Kier molecular flexibility index (Phi) is 4.48. The number of nitrogens with zero attached hydrogens (tertiary/aromatic N) is 4. The molecule has 0 aromatic carbocycles. The van der Waals surface area contributed by atoms with E-state index in [-0.39, 0.29) is 0 Å². The highest BCUT2D eigenvalue weighted by Gasteiger charge is 2.25. The van der Waals surface area contributed by atoms with Gasteiger partial charge in [0.25, 0.3) is 0 Å². The molecular weight excluding hydrogens is 250 g/mol. The van der Waals surface area contributed by atoms with Crippen LogP contribution < -0.4 is 5.32 Å². The molecule has 0 bridgehead atoms. The average molecular weight is 273 g/mol. The minimum Gasteiger partial charge on any atom is -0.337 e. The minimum absolute atomic E-state index is 0.520. The van der Waals surface area contributed by atoms with Gasteiger partial charge in [-0.15, -0.1) is 0 Å². The second-order valence-corrected chi connectivity index (χ2v) is 5.55. The Hall–Kier alpha value is -1.62. The van der Waals surface area contributed by atoms with Crippen LogP contribution >= 0.6 is 0 Å². The van der Waals surface area contributed by atoms with E-state index in [1.807, 2.05) is 31.0 Å². The van der Waals surface area contributed by atoms with E-state index >= 15 is 0 Å². The molecule has 0 saturated heterocycles. The molecule has 1 aliphatic carbocycles. The number of aromatic nitrogens is 4. The Morgan fingerprint density at radius 3 is 2.90 bits per heavy atom. The molecule has 20 heavy (non-hydrogen) atoms. The molecule has 0 spiro atoms. The molecule has 1 saturated carbocycles. The van der Waals surface area contributed by atoms with Crippen LogP contribution in [-0.4, -0.2) is 31.9 Å². The first-order chi connectivity index (χ1) is 9.93. The fraction of sp³-hybridized carbons (Fsp3) is 0.600. The maximum atomic E-state index is 4.42. The Morgan fingerprint density at radius 1 is 1.15 bits per heavy atom. The lowest BCUT2D eigenvalue weighted by Crippen LogP contribution is -2.40. The smallest absolute Gasteiger partial charge is 0.0945 e. The van der Waals surface area contributed by atoms with Crippen molar-refractivity contribution in [1.29, 1.82) is 0 Å². The number of hydrogen-bond acceptors (Lipinski definition) is 3. The normalized spacial score (nSPS) is 23.0. The predicted molar refractivity (Wildman–Crippen MR) is 78.4 cm³/mol. The van der Waals surface area contributed by atoms with Crippen LogP contribution in [0.2, 0.25) is 0 Å². The van der Waals surface area contributed by atoms with E-state index in [9.17, 15) is 0 Å². The van der Waals surface area contributed by atoms with E-state index in [0.717, 1.165) is 19.5 Å². The summed E-state index contributed by atoms with van der Waals surface area (Å²) < 4.78 is 4.26. The monoisotopic (exact) mass is 273 g/mol. The molecule has 1 N–H and O–H groups in total. The Bertz CT molecular complexity index is 476. The summed E-state index contributed by atoms with van der Waals surface area (Å²) in [6, 6.07) is 3.10. The first-order valence-corrected chi connectivity index (χ1v) is 7.62. The van der Waals surface area contributed by atoms with Crippen LogP contribution in [0.3, 0.4) is 0 Å². The lowest BCUT2D eigenvalue weighted by molar-refractivity contribution is 0.246. The predicted octanol–water partition coefficient (Wildman–Crippen LogP) is 2.24. The molecule has 2 heterocycles. The summed E-state index contributed by atoms with van der Waals surface area (Å²) >= 11 is 0. The summed E-state index contributed by atoms with van der Waals surface area (Å²) in [6.07, 6.45) is 16.0. The van der Waals surface area contributed by atoms with Crippen LogP contribution in [0.25, 0.3) is 0 Å². The third-order valence-corrected chi connectivity index (χ3v) is 4.15. The van der Waals surface area contributed by atoms with Gasteiger partial charge in [0.1, 0.15) is 0 Å². The number of nitrogens with one attached hydrogen (secondary N) is 1. The van der Waals surface area contributed by atoms with Crippen molar-refractivity contribution in [1.82, 2.24) is 24.6 Å². The number of hydrogen-bond donors (Lipinski definition) is 1. The third kappa shape index (κ3) is 3.28. The van der Waals surface area contributed by atoms with E-state index in [1.54, 1.807) is 0 Å². The van der Waals surface area contributed by atoms with Crippen LogP contribution in [0.5, 0.6) is 0 Å². The zero-order chi connectivity index (χ0) is 13.6. The second-order valence-electron chi connectivity index (χ2n) is 5.55. The van der Waals surface area contributed by atoms with Gasteiger partial charge in [0, 0.05) is 37.4 Å². The maximum absolute atomic E-state index is 4.42. The molecule has 2 aromatic heterocycles. The largest absolute Gasteiger partial charge is 0.337 e. The van der Waals surface area contributed by atoms with E-state index in [4.69, 9.17) is 0 Å². The standard InChI is InChI=1S/C15H23N5/c1-2-6-15(20-11-4-8-18-20)14(5-1)17-7-3-10-19-12-9-16-13-19/h4,8-9,11-15,17H,1-3,5-7,10H2/t14-,15-/m0/s1. The lowest BCUT2D eigenvalue weighted by atomic mass is 9.90. The first-order valence-electron chi connectivity index (χ1n) is 7.62. The first kappa shape index (κ1) is 13.4. The second kappa shape index (κ2) is 6.70. The van der Waals surface area contributed by atoms with E-state index in [2.05, 4.69) is 30.8 Å². The quantitative estimate of drug-likeness (QED) is 0.821. The van der Waals surface area contributed by atoms with Gasteiger partial charge in [0.2, 0.25) is 0 Å². The van der Waals surface area contributed by atoms with Crippen LogP contribution in [0.15, 0.2) is 37.2 Å². The van der Waals surface area contributed by atoms with E-state index in [0.29, 0.717) is 12.1 Å². The lowest BCUT2D eigenvalue weighted by Gasteiger charge is -2.32. The molecule has 0 aliphatic heterocycles. The molecule has 5 nitrogen and oxygen atoms in total. The van der Waals surface area contributed by atoms with Crippen molar-refractivity contribution in [3.63, 3.8) is 0 Å². The molecule has 0 unspecified atom stereocenters. The summed E-state index contributed by atoms with van der Waals surface area (Å²) in [5.41, 5.74) is 0. The molecule has 0 radical (unpaired) electrons. The van der Waals surface area contributed by atoms with Gasteiger partial charge in [-0.2, -0.15) is 5.10 Å². The van der Waals surface area contributed by atoms with Gasteiger partial charge >= 0.3 is 0 Å². The van der Waals surface area contributed by atoms with Gasteiger partial charge in [0.05, 0.1) is 12.4 Å². The van der Waals surface area contributed by atoms with Gasteiger partial charge in [-0.1, -0.05) is 12.8 Å². The fourth-order valence-corrected chi connectivity index (χ4v) is 3.11.